The molecule has 1 aromatic rings. The predicted molar refractivity (Wildman–Crippen MR) is 57.0 cm³/mol. The van der Waals surface area contributed by atoms with E-state index in [1.807, 2.05) is 30.3 Å². The molecule has 0 saturated heterocycles. The highest BCUT2D eigenvalue weighted by Gasteiger charge is 2.28. The lowest BCUT2D eigenvalue weighted by molar-refractivity contribution is -0.115. The summed E-state index contributed by atoms with van der Waals surface area (Å²) in [6.07, 6.45) is 2.81. The Labute approximate surface area is 84.5 Å². The first kappa shape index (κ1) is 9.20. The van der Waals surface area contributed by atoms with Crippen LogP contribution in [0.2, 0.25) is 0 Å². The molecule has 2 rings (SSSR count). The summed E-state index contributed by atoms with van der Waals surface area (Å²) in [6, 6.07) is 9.85. The number of carbonyl (C=O) groups is 1. The zero-order chi connectivity index (χ0) is 9.97. The van der Waals surface area contributed by atoms with Gasteiger partial charge in [0.1, 0.15) is 0 Å². The van der Waals surface area contributed by atoms with Crippen LogP contribution in [0.3, 0.4) is 0 Å². The SMILES string of the molecule is C=C(C(=O)Cc1ccccc1)C1CC1. The number of Topliss-reactive ketones (excluding diaryl/α,β-unsaturated/α-hetero) is 1. The van der Waals surface area contributed by atoms with Gasteiger partial charge in [-0.15, -0.1) is 0 Å². The van der Waals surface area contributed by atoms with Crippen LogP contribution in [-0.2, 0) is 11.2 Å². The van der Waals surface area contributed by atoms with Gasteiger partial charge in [-0.2, -0.15) is 0 Å². The van der Waals surface area contributed by atoms with Crippen molar-refractivity contribution in [3.05, 3.63) is 48.0 Å². The average molecular weight is 186 g/mol. The Bertz CT molecular complexity index is 347. The number of hydrogen-bond donors (Lipinski definition) is 0. The molecule has 1 aliphatic carbocycles. The van der Waals surface area contributed by atoms with E-state index in [0.29, 0.717) is 12.3 Å². The van der Waals surface area contributed by atoms with E-state index in [-0.39, 0.29) is 5.78 Å². The van der Waals surface area contributed by atoms with E-state index in [1.54, 1.807) is 0 Å². The Kier molecular flexibility index (Phi) is 2.49. The van der Waals surface area contributed by atoms with Gasteiger partial charge in [-0.25, -0.2) is 0 Å². The first-order valence-electron chi connectivity index (χ1n) is 5.03. The van der Waals surface area contributed by atoms with Gasteiger partial charge in [-0.1, -0.05) is 36.9 Å². The largest absolute Gasteiger partial charge is 0.294 e. The maximum Gasteiger partial charge on any atom is 0.162 e. The van der Waals surface area contributed by atoms with Crippen molar-refractivity contribution in [2.24, 2.45) is 5.92 Å². The molecule has 72 valence electrons. The van der Waals surface area contributed by atoms with Crippen LogP contribution in [0, 0.1) is 5.92 Å². The van der Waals surface area contributed by atoms with E-state index in [1.165, 1.54) is 0 Å². The second-order valence-electron chi connectivity index (χ2n) is 3.89. The summed E-state index contributed by atoms with van der Waals surface area (Å²) in [5.74, 6) is 0.699. The van der Waals surface area contributed by atoms with Crippen LogP contribution < -0.4 is 0 Å². The Morgan fingerprint density at radius 1 is 1.29 bits per heavy atom. The van der Waals surface area contributed by atoms with E-state index in [4.69, 9.17) is 0 Å². The molecule has 0 aromatic heterocycles. The van der Waals surface area contributed by atoms with Crippen LogP contribution in [-0.4, -0.2) is 5.78 Å². The molecule has 0 amide bonds. The van der Waals surface area contributed by atoms with Crippen molar-refractivity contribution in [2.75, 3.05) is 0 Å². The minimum absolute atomic E-state index is 0.207. The first-order valence-corrected chi connectivity index (χ1v) is 5.03. The van der Waals surface area contributed by atoms with Crippen molar-refractivity contribution in [1.29, 1.82) is 0 Å². The van der Waals surface area contributed by atoms with Crippen molar-refractivity contribution in [2.45, 2.75) is 19.3 Å². The normalized spacial score (nSPS) is 15.1. The Morgan fingerprint density at radius 2 is 1.93 bits per heavy atom. The van der Waals surface area contributed by atoms with Crippen molar-refractivity contribution in [3.8, 4) is 0 Å². The van der Waals surface area contributed by atoms with Gasteiger partial charge in [0, 0.05) is 6.42 Å². The molecule has 0 heterocycles. The Balaban J connectivity index is 1.97. The smallest absolute Gasteiger partial charge is 0.162 e. The molecule has 1 aromatic carbocycles. The molecule has 0 N–H and O–H groups in total. The fourth-order valence-electron chi connectivity index (χ4n) is 1.55. The average Bonchev–Trinajstić information content (AvgIpc) is 3.01. The van der Waals surface area contributed by atoms with Crippen LogP contribution in [0.4, 0.5) is 0 Å². The Hall–Kier alpha value is -1.37. The van der Waals surface area contributed by atoms with Crippen LogP contribution in [0.5, 0.6) is 0 Å². The number of rotatable bonds is 4. The summed E-state index contributed by atoms with van der Waals surface area (Å²) in [7, 11) is 0. The fourth-order valence-corrected chi connectivity index (χ4v) is 1.55. The highest BCUT2D eigenvalue weighted by Crippen LogP contribution is 2.36. The zero-order valence-electron chi connectivity index (χ0n) is 8.20. The van der Waals surface area contributed by atoms with Crippen LogP contribution in [0.15, 0.2) is 42.5 Å². The lowest BCUT2D eigenvalue weighted by Gasteiger charge is -2.02. The lowest BCUT2D eigenvalue weighted by Crippen LogP contribution is -2.06. The van der Waals surface area contributed by atoms with Crippen molar-refractivity contribution in [3.63, 3.8) is 0 Å². The molecule has 14 heavy (non-hydrogen) atoms. The summed E-state index contributed by atoms with van der Waals surface area (Å²) in [5.41, 5.74) is 1.91. The quantitative estimate of drug-likeness (QED) is 0.661. The minimum Gasteiger partial charge on any atom is -0.294 e. The maximum atomic E-state index is 11.7. The molecule has 0 unspecified atom stereocenters. The third kappa shape index (κ3) is 2.11. The summed E-state index contributed by atoms with van der Waals surface area (Å²) in [5, 5.41) is 0. The fraction of sp³-hybridized carbons (Fsp3) is 0.308. The third-order valence-corrected chi connectivity index (χ3v) is 2.64. The van der Waals surface area contributed by atoms with E-state index in [9.17, 15) is 4.79 Å². The van der Waals surface area contributed by atoms with E-state index in [0.717, 1.165) is 24.0 Å². The van der Waals surface area contributed by atoms with Gasteiger partial charge in [0.2, 0.25) is 0 Å². The molecule has 1 saturated carbocycles. The van der Waals surface area contributed by atoms with Gasteiger partial charge < -0.3 is 0 Å². The molecule has 0 bridgehead atoms. The van der Waals surface area contributed by atoms with E-state index >= 15 is 0 Å². The molecule has 1 heteroatoms. The molecular weight excluding hydrogens is 172 g/mol. The molecule has 0 radical (unpaired) electrons. The van der Waals surface area contributed by atoms with Crippen molar-refractivity contribution in [1.82, 2.24) is 0 Å². The third-order valence-electron chi connectivity index (χ3n) is 2.64. The number of allylic oxidation sites excluding steroid dienone is 1. The Morgan fingerprint density at radius 3 is 2.50 bits per heavy atom. The van der Waals surface area contributed by atoms with E-state index < -0.39 is 0 Å². The molecule has 1 fully saturated rings. The predicted octanol–water partition coefficient (Wildman–Crippen LogP) is 2.76. The topological polar surface area (TPSA) is 17.1 Å². The molecule has 0 atom stereocenters. The van der Waals surface area contributed by atoms with Crippen LogP contribution >= 0.6 is 0 Å². The summed E-state index contributed by atoms with van der Waals surface area (Å²) in [6.45, 7) is 3.86. The maximum absolute atomic E-state index is 11.7. The number of hydrogen-bond acceptors (Lipinski definition) is 1. The standard InChI is InChI=1S/C13H14O/c1-10(12-7-8-12)13(14)9-11-5-3-2-4-6-11/h2-6,12H,1,7-9H2. The minimum atomic E-state index is 0.207. The highest BCUT2D eigenvalue weighted by molar-refractivity contribution is 5.97. The van der Waals surface area contributed by atoms with Crippen LogP contribution in [0.25, 0.3) is 0 Å². The van der Waals surface area contributed by atoms with Gasteiger partial charge in [0.05, 0.1) is 0 Å². The van der Waals surface area contributed by atoms with E-state index in [2.05, 4.69) is 6.58 Å². The van der Waals surface area contributed by atoms with Gasteiger partial charge in [-0.05, 0) is 29.9 Å². The molecule has 1 aliphatic rings. The molecular formula is C13H14O. The second kappa shape index (κ2) is 3.79. The molecule has 0 aliphatic heterocycles. The highest BCUT2D eigenvalue weighted by atomic mass is 16.1. The van der Waals surface area contributed by atoms with Crippen molar-refractivity contribution >= 4 is 5.78 Å². The lowest BCUT2D eigenvalue weighted by atomic mass is 10.0. The summed E-state index contributed by atoms with van der Waals surface area (Å²) >= 11 is 0. The van der Waals surface area contributed by atoms with Gasteiger partial charge in [0.15, 0.2) is 5.78 Å². The van der Waals surface area contributed by atoms with Gasteiger partial charge in [0.25, 0.3) is 0 Å². The van der Waals surface area contributed by atoms with Gasteiger partial charge >= 0.3 is 0 Å². The number of ketones is 1. The van der Waals surface area contributed by atoms with Gasteiger partial charge in [-0.3, -0.25) is 4.79 Å². The van der Waals surface area contributed by atoms with Crippen LogP contribution in [0.1, 0.15) is 18.4 Å². The monoisotopic (exact) mass is 186 g/mol. The second-order valence-corrected chi connectivity index (χ2v) is 3.89. The summed E-state index contributed by atoms with van der Waals surface area (Å²) in [4.78, 5) is 11.7. The summed E-state index contributed by atoms with van der Waals surface area (Å²) < 4.78 is 0. The molecule has 0 spiro atoms. The molecule has 1 nitrogen and oxygen atoms in total. The number of carbonyl (C=O) groups excluding carboxylic acids is 1. The number of benzene rings is 1. The first-order chi connectivity index (χ1) is 6.77. The zero-order valence-corrected chi connectivity index (χ0v) is 8.20. The van der Waals surface area contributed by atoms with Crippen molar-refractivity contribution < 1.29 is 4.79 Å².